The largest absolute Gasteiger partial charge is 0.491 e. The van der Waals surface area contributed by atoms with Crippen molar-refractivity contribution in [1.82, 2.24) is 5.32 Å². The van der Waals surface area contributed by atoms with Crippen molar-refractivity contribution in [2.45, 2.75) is 24.8 Å². The van der Waals surface area contributed by atoms with Gasteiger partial charge in [-0.1, -0.05) is 17.7 Å². The molecule has 0 aliphatic carbocycles. The molecule has 3 rings (SSSR count). The Kier molecular flexibility index (Phi) is 7.65. The lowest BCUT2D eigenvalue weighted by Crippen LogP contribution is -2.45. The zero-order valence-corrected chi connectivity index (χ0v) is 19.0. The van der Waals surface area contributed by atoms with E-state index >= 15 is 0 Å². The van der Waals surface area contributed by atoms with Crippen LogP contribution in [0.25, 0.3) is 0 Å². The summed E-state index contributed by atoms with van der Waals surface area (Å²) in [6.45, 7) is 3.30. The van der Waals surface area contributed by atoms with E-state index in [0.717, 1.165) is 46.3 Å². The minimum Gasteiger partial charge on any atom is -0.491 e. The standard InChI is InChI=1S/C24H24F2N2O4S/c1-17-3-11-22(12-4-17)32-16-18(2)27-24(29)15-28(21-9-5-19(25)6-10-21)33(30,31)23-13-7-20(26)8-14-23/h3-14,18H,15-16H2,1-2H3,(H,27,29). The highest BCUT2D eigenvalue weighted by Crippen LogP contribution is 2.24. The van der Waals surface area contributed by atoms with Crippen molar-refractivity contribution in [3.05, 3.63) is 90.0 Å². The molecule has 1 atom stereocenters. The Morgan fingerprint density at radius 3 is 2.06 bits per heavy atom. The molecule has 0 aromatic heterocycles. The van der Waals surface area contributed by atoms with E-state index in [1.54, 1.807) is 6.92 Å². The van der Waals surface area contributed by atoms with Crippen LogP contribution in [0.1, 0.15) is 12.5 Å². The second-order valence-electron chi connectivity index (χ2n) is 7.53. The maximum Gasteiger partial charge on any atom is 0.264 e. The average Bonchev–Trinajstić information content (AvgIpc) is 2.78. The van der Waals surface area contributed by atoms with Crippen LogP contribution in [0.3, 0.4) is 0 Å². The summed E-state index contributed by atoms with van der Waals surface area (Å²) >= 11 is 0. The Hall–Kier alpha value is -3.46. The first-order valence-electron chi connectivity index (χ1n) is 10.2. The highest BCUT2D eigenvalue weighted by atomic mass is 32.2. The highest BCUT2D eigenvalue weighted by Gasteiger charge is 2.27. The summed E-state index contributed by atoms with van der Waals surface area (Å²) in [6.07, 6.45) is 0. The molecule has 0 fully saturated rings. The number of hydrogen-bond acceptors (Lipinski definition) is 4. The number of halogens is 2. The lowest BCUT2D eigenvalue weighted by atomic mass is 10.2. The van der Waals surface area contributed by atoms with Crippen molar-refractivity contribution in [3.8, 4) is 5.75 Å². The minimum atomic E-state index is -4.22. The lowest BCUT2D eigenvalue weighted by Gasteiger charge is -2.25. The van der Waals surface area contributed by atoms with Gasteiger partial charge in [0, 0.05) is 0 Å². The van der Waals surface area contributed by atoms with Gasteiger partial charge in [-0.25, -0.2) is 17.2 Å². The highest BCUT2D eigenvalue weighted by molar-refractivity contribution is 7.92. The molecule has 0 spiro atoms. The summed E-state index contributed by atoms with van der Waals surface area (Å²) in [6, 6.07) is 16.0. The van der Waals surface area contributed by atoms with Gasteiger partial charge in [0.05, 0.1) is 16.6 Å². The van der Waals surface area contributed by atoms with Gasteiger partial charge in [0.2, 0.25) is 5.91 Å². The van der Waals surface area contributed by atoms with Crippen molar-refractivity contribution >= 4 is 21.6 Å². The third kappa shape index (κ3) is 6.52. The van der Waals surface area contributed by atoms with Gasteiger partial charge < -0.3 is 10.1 Å². The van der Waals surface area contributed by atoms with E-state index in [4.69, 9.17) is 4.74 Å². The SMILES string of the molecule is Cc1ccc(OCC(C)NC(=O)CN(c2ccc(F)cc2)S(=O)(=O)c2ccc(F)cc2)cc1. The van der Waals surface area contributed by atoms with Crippen molar-refractivity contribution in [1.29, 1.82) is 0 Å². The Balaban J connectivity index is 1.73. The maximum atomic E-state index is 13.4. The second-order valence-corrected chi connectivity index (χ2v) is 9.40. The minimum absolute atomic E-state index is 0.0967. The van der Waals surface area contributed by atoms with Gasteiger partial charge in [-0.05, 0) is 74.5 Å². The normalized spacial score (nSPS) is 12.1. The maximum absolute atomic E-state index is 13.4. The molecule has 1 amide bonds. The molecule has 6 nitrogen and oxygen atoms in total. The van der Waals surface area contributed by atoms with Gasteiger partial charge >= 0.3 is 0 Å². The first-order valence-corrected chi connectivity index (χ1v) is 11.6. The van der Waals surface area contributed by atoms with Gasteiger partial charge in [0.15, 0.2) is 0 Å². The number of carbonyl (C=O) groups is 1. The zero-order chi connectivity index (χ0) is 24.0. The van der Waals surface area contributed by atoms with Crippen LogP contribution >= 0.6 is 0 Å². The predicted molar refractivity (Wildman–Crippen MR) is 122 cm³/mol. The molecule has 0 saturated carbocycles. The van der Waals surface area contributed by atoms with Crippen molar-refractivity contribution in [2.24, 2.45) is 0 Å². The third-order valence-corrected chi connectivity index (χ3v) is 6.52. The van der Waals surface area contributed by atoms with E-state index in [9.17, 15) is 22.0 Å². The molecule has 174 valence electrons. The summed E-state index contributed by atoms with van der Waals surface area (Å²) in [5.41, 5.74) is 1.19. The summed E-state index contributed by atoms with van der Waals surface area (Å²) in [5, 5.41) is 2.70. The number of ether oxygens (including phenoxy) is 1. The monoisotopic (exact) mass is 474 g/mol. The second kappa shape index (κ2) is 10.4. The Morgan fingerprint density at radius 2 is 1.48 bits per heavy atom. The molecular weight excluding hydrogens is 450 g/mol. The smallest absolute Gasteiger partial charge is 0.264 e. The molecule has 3 aromatic carbocycles. The number of nitrogens with one attached hydrogen (secondary N) is 1. The number of nitrogens with zero attached hydrogens (tertiary/aromatic N) is 1. The zero-order valence-electron chi connectivity index (χ0n) is 18.2. The van der Waals surface area contributed by atoms with Crippen molar-refractivity contribution in [2.75, 3.05) is 17.5 Å². The Labute approximate surface area is 191 Å². The van der Waals surface area contributed by atoms with Crippen LogP contribution in [0.4, 0.5) is 14.5 Å². The van der Waals surface area contributed by atoms with Gasteiger partial charge in [0.25, 0.3) is 10.0 Å². The van der Waals surface area contributed by atoms with Crippen molar-refractivity contribution < 1.29 is 26.7 Å². The number of rotatable bonds is 9. The van der Waals surface area contributed by atoms with Gasteiger partial charge in [-0.15, -0.1) is 0 Å². The van der Waals surface area contributed by atoms with Crippen LogP contribution < -0.4 is 14.4 Å². The number of amides is 1. The molecule has 1 unspecified atom stereocenters. The fourth-order valence-corrected chi connectivity index (χ4v) is 4.43. The number of carbonyl (C=O) groups excluding carboxylic acids is 1. The Morgan fingerprint density at radius 1 is 0.939 bits per heavy atom. The molecule has 0 saturated heterocycles. The quantitative estimate of drug-likeness (QED) is 0.508. The molecule has 0 bridgehead atoms. The molecule has 0 heterocycles. The molecule has 0 aliphatic rings. The van der Waals surface area contributed by atoms with Crippen molar-refractivity contribution in [3.63, 3.8) is 0 Å². The van der Waals surface area contributed by atoms with E-state index in [1.165, 1.54) is 12.1 Å². The van der Waals surface area contributed by atoms with Crippen LogP contribution in [-0.2, 0) is 14.8 Å². The number of sulfonamides is 1. The first kappa shape index (κ1) is 24.2. The number of hydrogen-bond donors (Lipinski definition) is 1. The van der Waals surface area contributed by atoms with Crippen LogP contribution in [0, 0.1) is 18.6 Å². The topological polar surface area (TPSA) is 75.7 Å². The number of anilines is 1. The van der Waals surface area contributed by atoms with Gasteiger partial charge in [0.1, 0.15) is 30.5 Å². The first-order chi connectivity index (χ1) is 15.6. The molecule has 33 heavy (non-hydrogen) atoms. The van der Waals surface area contributed by atoms with Gasteiger partial charge in [-0.3, -0.25) is 9.10 Å². The van der Waals surface area contributed by atoms with E-state index in [-0.39, 0.29) is 17.2 Å². The van der Waals surface area contributed by atoms with Crippen LogP contribution in [0.2, 0.25) is 0 Å². The summed E-state index contributed by atoms with van der Waals surface area (Å²) in [5.74, 6) is -1.08. The van der Waals surface area contributed by atoms with E-state index in [0.29, 0.717) is 5.75 Å². The molecular formula is C24H24F2N2O4S. The van der Waals surface area contributed by atoms with E-state index < -0.39 is 40.2 Å². The molecule has 0 radical (unpaired) electrons. The average molecular weight is 475 g/mol. The summed E-state index contributed by atoms with van der Waals surface area (Å²) in [4.78, 5) is 12.5. The summed E-state index contributed by atoms with van der Waals surface area (Å²) in [7, 11) is -4.22. The fourth-order valence-electron chi connectivity index (χ4n) is 3.00. The van der Waals surface area contributed by atoms with E-state index in [1.807, 2.05) is 31.2 Å². The predicted octanol–water partition coefficient (Wildman–Crippen LogP) is 4.05. The summed E-state index contributed by atoms with van der Waals surface area (Å²) < 4.78 is 59.6. The number of benzene rings is 3. The van der Waals surface area contributed by atoms with Crippen LogP contribution in [-0.4, -0.2) is 33.5 Å². The van der Waals surface area contributed by atoms with Crippen LogP contribution in [0.5, 0.6) is 5.75 Å². The third-order valence-electron chi connectivity index (χ3n) is 4.73. The van der Waals surface area contributed by atoms with E-state index in [2.05, 4.69) is 5.32 Å². The molecule has 1 N–H and O–H groups in total. The molecule has 0 aliphatic heterocycles. The number of aryl methyl sites for hydroxylation is 1. The molecule has 9 heteroatoms. The fraction of sp³-hybridized carbons (Fsp3) is 0.208. The Bertz CT molecular complexity index is 1180. The lowest BCUT2D eigenvalue weighted by molar-refractivity contribution is -0.120. The van der Waals surface area contributed by atoms with Crippen LogP contribution in [0.15, 0.2) is 77.7 Å². The van der Waals surface area contributed by atoms with Gasteiger partial charge in [-0.2, -0.15) is 0 Å². The molecule has 3 aromatic rings.